The lowest BCUT2D eigenvalue weighted by Gasteiger charge is -2.38. The van der Waals surface area contributed by atoms with Crippen LogP contribution in [0, 0.1) is 6.92 Å². The summed E-state index contributed by atoms with van der Waals surface area (Å²) in [5.74, 6) is 0.528. The first-order chi connectivity index (χ1) is 12.0. The molecule has 0 aromatic heterocycles. The third kappa shape index (κ3) is 4.31. The minimum absolute atomic E-state index is 0.0211. The maximum absolute atomic E-state index is 12.4. The average molecular weight is 345 g/mol. The van der Waals surface area contributed by atoms with Gasteiger partial charge in [0.25, 0.3) is 5.91 Å². The Hall–Kier alpha value is -2.08. The number of aryl methyl sites for hydroxylation is 1. The zero-order valence-corrected chi connectivity index (χ0v) is 14.8. The molecule has 3 rings (SSSR count). The maximum Gasteiger partial charge on any atom is 0.260 e. The lowest BCUT2D eigenvalue weighted by atomic mass is 10.0. The molecule has 2 fully saturated rings. The van der Waals surface area contributed by atoms with E-state index < -0.39 is 0 Å². The summed E-state index contributed by atoms with van der Waals surface area (Å²) in [7, 11) is 0. The molecule has 2 amide bonds. The number of ether oxygens (including phenoxy) is 1. The summed E-state index contributed by atoms with van der Waals surface area (Å²) >= 11 is 0. The zero-order chi connectivity index (χ0) is 17.8. The Kier molecular flexibility index (Phi) is 5.58. The number of carbonyl (C=O) groups excluding carboxylic acids is 2. The van der Waals surface area contributed by atoms with E-state index in [0.717, 1.165) is 43.5 Å². The molecule has 6 heteroatoms. The summed E-state index contributed by atoms with van der Waals surface area (Å²) in [5.41, 5.74) is 6.63. The van der Waals surface area contributed by atoms with E-state index >= 15 is 0 Å². The summed E-state index contributed by atoms with van der Waals surface area (Å²) in [6.45, 7) is 4.42. The first-order valence-electron chi connectivity index (χ1n) is 9.07. The van der Waals surface area contributed by atoms with E-state index in [2.05, 4.69) is 4.90 Å². The highest BCUT2D eigenvalue weighted by Crippen LogP contribution is 2.26. The van der Waals surface area contributed by atoms with Crippen LogP contribution in [0.4, 0.5) is 0 Å². The van der Waals surface area contributed by atoms with Gasteiger partial charge >= 0.3 is 0 Å². The first kappa shape index (κ1) is 17.7. The van der Waals surface area contributed by atoms with Crippen molar-refractivity contribution >= 4 is 11.8 Å². The monoisotopic (exact) mass is 345 g/mol. The number of carbonyl (C=O) groups is 2. The predicted octanol–water partition coefficient (Wildman–Crippen LogP) is 1.31. The van der Waals surface area contributed by atoms with Crippen LogP contribution in [0.25, 0.3) is 0 Å². The highest BCUT2D eigenvalue weighted by atomic mass is 16.5. The standard InChI is InChI=1S/C19H27N3O3/c1-14-4-2-5-16(12-14)25-13-18(23)21-10-7-15(8-11-21)22-9-3-6-17(22)19(20)24/h2,4-5,12,15,17H,3,6-11,13H2,1H3,(H2,20,24)/t17-/m1/s1. The van der Waals surface area contributed by atoms with E-state index in [1.54, 1.807) is 0 Å². The summed E-state index contributed by atoms with van der Waals surface area (Å²) in [5, 5.41) is 0. The molecule has 0 bridgehead atoms. The van der Waals surface area contributed by atoms with Crippen molar-refractivity contribution in [3.63, 3.8) is 0 Å². The predicted molar refractivity (Wildman–Crippen MR) is 95.2 cm³/mol. The van der Waals surface area contributed by atoms with E-state index in [0.29, 0.717) is 19.1 Å². The second-order valence-electron chi connectivity index (χ2n) is 7.02. The Morgan fingerprint density at radius 1 is 1.20 bits per heavy atom. The molecule has 25 heavy (non-hydrogen) atoms. The molecule has 1 aromatic carbocycles. The minimum Gasteiger partial charge on any atom is -0.484 e. The van der Waals surface area contributed by atoms with Crippen molar-refractivity contribution in [3.05, 3.63) is 29.8 Å². The molecule has 2 N–H and O–H groups in total. The average Bonchev–Trinajstić information content (AvgIpc) is 3.10. The number of nitrogens with two attached hydrogens (primary N) is 1. The Balaban J connectivity index is 1.47. The van der Waals surface area contributed by atoms with Crippen LogP contribution in [-0.4, -0.2) is 59.9 Å². The van der Waals surface area contributed by atoms with Gasteiger partial charge in [0.05, 0.1) is 6.04 Å². The van der Waals surface area contributed by atoms with Crippen LogP contribution in [0.15, 0.2) is 24.3 Å². The van der Waals surface area contributed by atoms with E-state index in [-0.39, 0.29) is 24.5 Å². The van der Waals surface area contributed by atoms with E-state index in [9.17, 15) is 9.59 Å². The molecule has 2 aliphatic rings. The van der Waals surface area contributed by atoms with Crippen molar-refractivity contribution in [1.82, 2.24) is 9.80 Å². The molecular formula is C19H27N3O3. The topological polar surface area (TPSA) is 75.9 Å². The van der Waals surface area contributed by atoms with Gasteiger partial charge in [-0.2, -0.15) is 0 Å². The second kappa shape index (κ2) is 7.87. The first-order valence-corrected chi connectivity index (χ1v) is 9.07. The fourth-order valence-electron chi connectivity index (χ4n) is 3.92. The van der Waals surface area contributed by atoms with Crippen molar-refractivity contribution < 1.29 is 14.3 Å². The van der Waals surface area contributed by atoms with Gasteiger partial charge in [0.2, 0.25) is 5.91 Å². The van der Waals surface area contributed by atoms with E-state index in [1.807, 2.05) is 36.1 Å². The van der Waals surface area contributed by atoms with Gasteiger partial charge in [0, 0.05) is 19.1 Å². The number of hydrogen-bond acceptors (Lipinski definition) is 4. The maximum atomic E-state index is 12.4. The van der Waals surface area contributed by atoms with Gasteiger partial charge in [0.1, 0.15) is 5.75 Å². The van der Waals surface area contributed by atoms with Crippen molar-refractivity contribution in [2.45, 2.75) is 44.7 Å². The van der Waals surface area contributed by atoms with Gasteiger partial charge in [-0.05, 0) is 56.8 Å². The molecule has 1 aromatic rings. The third-order valence-corrected chi connectivity index (χ3v) is 5.26. The SMILES string of the molecule is Cc1cccc(OCC(=O)N2CCC(N3CCC[C@@H]3C(N)=O)CC2)c1. The fraction of sp³-hybridized carbons (Fsp3) is 0.579. The minimum atomic E-state index is -0.220. The molecule has 1 atom stereocenters. The number of amides is 2. The quantitative estimate of drug-likeness (QED) is 0.873. The Bertz CT molecular complexity index is 626. The molecule has 0 unspecified atom stereocenters. The number of likely N-dealkylation sites (tertiary alicyclic amines) is 2. The Morgan fingerprint density at radius 2 is 1.96 bits per heavy atom. The molecule has 0 saturated carbocycles. The molecule has 2 aliphatic heterocycles. The highest BCUT2D eigenvalue weighted by Gasteiger charge is 2.36. The lowest BCUT2D eigenvalue weighted by molar-refractivity contribution is -0.135. The largest absolute Gasteiger partial charge is 0.484 e. The Labute approximate surface area is 148 Å². The van der Waals surface area contributed by atoms with Crippen molar-refractivity contribution in [2.75, 3.05) is 26.2 Å². The van der Waals surface area contributed by atoms with Crippen LogP contribution in [0.5, 0.6) is 5.75 Å². The van der Waals surface area contributed by atoms with E-state index in [1.165, 1.54) is 0 Å². The van der Waals surface area contributed by atoms with Crippen LogP contribution >= 0.6 is 0 Å². The van der Waals surface area contributed by atoms with Gasteiger partial charge in [-0.3, -0.25) is 14.5 Å². The fourth-order valence-corrected chi connectivity index (χ4v) is 3.92. The van der Waals surface area contributed by atoms with Crippen LogP contribution in [0.2, 0.25) is 0 Å². The summed E-state index contributed by atoms with van der Waals surface area (Å²) < 4.78 is 5.61. The van der Waals surface area contributed by atoms with Gasteiger partial charge in [0.15, 0.2) is 6.61 Å². The summed E-state index contributed by atoms with van der Waals surface area (Å²) in [4.78, 5) is 28.0. The molecule has 0 spiro atoms. The van der Waals surface area contributed by atoms with Crippen LogP contribution in [0.1, 0.15) is 31.2 Å². The number of primary amides is 1. The molecule has 6 nitrogen and oxygen atoms in total. The molecule has 136 valence electrons. The molecule has 2 saturated heterocycles. The molecular weight excluding hydrogens is 318 g/mol. The van der Waals surface area contributed by atoms with Crippen molar-refractivity contribution in [1.29, 1.82) is 0 Å². The molecule has 2 heterocycles. The van der Waals surface area contributed by atoms with Crippen LogP contribution in [0.3, 0.4) is 0 Å². The van der Waals surface area contributed by atoms with Crippen LogP contribution < -0.4 is 10.5 Å². The Morgan fingerprint density at radius 3 is 2.64 bits per heavy atom. The zero-order valence-electron chi connectivity index (χ0n) is 14.8. The number of piperidine rings is 1. The van der Waals surface area contributed by atoms with E-state index in [4.69, 9.17) is 10.5 Å². The van der Waals surface area contributed by atoms with Gasteiger partial charge in [-0.15, -0.1) is 0 Å². The molecule has 0 radical (unpaired) electrons. The number of rotatable bonds is 5. The summed E-state index contributed by atoms with van der Waals surface area (Å²) in [6.07, 6.45) is 3.66. The summed E-state index contributed by atoms with van der Waals surface area (Å²) in [6, 6.07) is 7.93. The van der Waals surface area contributed by atoms with Gasteiger partial charge < -0.3 is 15.4 Å². The number of benzene rings is 1. The van der Waals surface area contributed by atoms with Gasteiger partial charge in [-0.25, -0.2) is 0 Å². The van der Waals surface area contributed by atoms with Crippen molar-refractivity contribution in [3.8, 4) is 5.75 Å². The van der Waals surface area contributed by atoms with Crippen molar-refractivity contribution in [2.24, 2.45) is 5.73 Å². The van der Waals surface area contributed by atoms with Crippen LogP contribution in [-0.2, 0) is 9.59 Å². The number of nitrogens with zero attached hydrogens (tertiary/aromatic N) is 2. The normalized spacial score (nSPS) is 22.1. The highest BCUT2D eigenvalue weighted by molar-refractivity contribution is 5.80. The number of hydrogen-bond donors (Lipinski definition) is 1. The molecule has 0 aliphatic carbocycles. The smallest absolute Gasteiger partial charge is 0.260 e. The second-order valence-corrected chi connectivity index (χ2v) is 7.02. The lowest BCUT2D eigenvalue weighted by Crippen LogP contribution is -2.51. The van der Waals surface area contributed by atoms with Gasteiger partial charge in [-0.1, -0.05) is 12.1 Å². The third-order valence-electron chi connectivity index (χ3n) is 5.26.